The van der Waals surface area contributed by atoms with Crippen molar-refractivity contribution in [1.29, 1.82) is 0 Å². The number of carboxylic acids is 1. The summed E-state index contributed by atoms with van der Waals surface area (Å²) < 4.78 is 33.1. The van der Waals surface area contributed by atoms with Gasteiger partial charge in [0, 0.05) is 6.42 Å². The summed E-state index contributed by atoms with van der Waals surface area (Å²) in [6.07, 6.45) is 1.77. The van der Waals surface area contributed by atoms with E-state index in [1.807, 2.05) is 0 Å². The fourth-order valence-corrected chi connectivity index (χ4v) is 3.82. The van der Waals surface area contributed by atoms with Crippen molar-refractivity contribution < 1.29 is 27.5 Å². The van der Waals surface area contributed by atoms with Crippen LogP contribution in [0.5, 0.6) is 0 Å². The van der Waals surface area contributed by atoms with E-state index in [1.54, 1.807) is 36.4 Å². The molecule has 30 heavy (non-hydrogen) atoms. The van der Waals surface area contributed by atoms with E-state index < -0.39 is 21.9 Å². The van der Waals surface area contributed by atoms with E-state index in [0.29, 0.717) is 17.7 Å². The standard InChI is InChI=1S/C21H20N2O6S/c24-20(25)12-9-15-7-10-17(11-8-15)30(27,28)23-19-6-2-1-5-18(19)21(26)22-14-16-4-3-13-29-16/h1-8,10-11,13,23H,9,12,14H2,(H,22,26)(H,24,25). The van der Waals surface area contributed by atoms with Gasteiger partial charge in [-0.1, -0.05) is 24.3 Å². The zero-order valence-corrected chi connectivity index (χ0v) is 16.7. The number of furan rings is 1. The molecule has 3 N–H and O–H groups in total. The molecule has 3 aromatic rings. The van der Waals surface area contributed by atoms with Gasteiger partial charge in [0.2, 0.25) is 0 Å². The summed E-state index contributed by atoms with van der Waals surface area (Å²) in [5.41, 5.74) is 1.03. The summed E-state index contributed by atoms with van der Waals surface area (Å²) in [7, 11) is -3.94. The fraction of sp³-hybridized carbons (Fsp3) is 0.143. The van der Waals surface area contributed by atoms with Crippen molar-refractivity contribution in [3.63, 3.8) is 0 Å². The molecular weight excluding hydrogens is 408 g/mol. The first-order valence-corrected chi connectivity index (χ1v) is 10.6. The van der Waals surface area contributed by atoms with Crippen LogP contribution in [0.2, 0.25) is 0 Å². The first-order valence-electron chi connectivity index (χ1n) is 9.08. The predicted octanol–water partition coefficient (Wildman–Crippen LogP) is 3.03. The van der Waals surface area contributed by atoms with Crippen molar-refractivity contribution >= 4 is 27.6 Å². The number of rotatable bonds is 9. The van der Waals surface area contributed by atoms with E-state index in [-0.39, 0.29) is 29.1 Å². The molecule has 0 unspecified atom stereocenters. The van der Waals surface area contributed by atoms with Gasteiger partial charge in [-0.3, -0.25) is 14.3 Å². The number of anilines is 1. The van der Waals surface area contributed by atoms with Crippen molar-refractivity contribution in [2.75, 3.05) is 4.72 Å². The highest BCUT2D eigenvalue weighted by Gasteiger charge is 2.19. The van der Waals surface area contributed by atoms with Crippen molar-refractivity contribution in [2.45, 2.75) is 24.3 Å². The number of para-hydroxylation sites is 1. The zero-order chi connectivity index (χ0) is 21.6. The Kier molecular flexibility index (Phi) is 6.53. The van der Waals surface area contributed by atoms with Crippen molar-refractivity contribution in [3.8, 4) is 0 Å². The number of hydrogen-bond donors (Lipinski definition) is 3. The minimum Gasteiger partial charge on any atom is -0.481 e. The van der Waals surface area contributed by atoms with Gasteiger partial charge in [-0.05, 0) is 48.4 Å². The number of sulfonamides is 1. The van der Waals surface area contributed by atoms with Crippen LogP contribution in [-0.2, 0) is 27.8 Å². The largest absolute Gasteiger partial charge is 0.481 e. The van der Waals surface area contributed by atoms with Gasteiger partial charge in [0.1, 0.15) is 5.76 Å². The number of benzene rings is 2. The van der Waals surface area contributed by atoms with E-state index in [9.17, 15) is 18.0 Å². The highest BCUT2D eigenvalue weighted by molar-refractivity contribution is 7.92. The molecule has 9 heteroatoms. The number of aliphatic carboxylic acids is 1. The topological polar surface area (TPSA) is 126 Å². The molecule has 0 aliphatic carbocycles. The van der Waals surface area contributed by atoms with Gasteiger partial charge < -0.3 is 14.8 Å². The lowest BCUT2D eigenvalue weighted by atomic mass is 10.1. The third-order valence-electron chi connectivity index (χ3n) is 4.28. The summed E-state index contributed by atoms with van der Waals surface area (Å²) in [4.78, 5) is 23.2. The third kappa shape index (κ3) is 5.48. The maximum absolute atomic E-state index is 12.7. The molecule has 0 fully saturated rings. The third-order valence-corrected chi connectivity index (χ3v) is 5.66. The molecule has 0 bridgehead atoms. The Labute approximate surface area is 173 Å². The van der Waals surface area contributed by atoms with E-state index in [1.165, 1.54) is 30.5 Å². The molecule has 1 aromatic heterocycles. The summed E-state index contributed by atoms with van der Waals surface area (Å²) >= 11 is 0. The number of amides is 1. The maximum atomic E-state index is 12.7. The lowest BCUT2D eigenvalue weighted by Gasteiger charge is -2.13. The smallest absolute Gasteiger partial charge is 0.303 e. The van der Waals surface area contributed by atoms with Crippen LogP contribution in [0.1, 0.15) is 28.1 Å². The number of carbonyl (C=O) groups excluding carboxylic acids is 1. The van der Waals surface area contributed by atoms with E-state index in [4.69, 9.17) is 9.52 Å². The van der Waals surface area contributed by atoms with Gasteiger partial charge in [0.05, 0.1) is 29.0 Å². The van der Waals surface area contributed by atoms with Crippen LogP contribution < -0.4 is 10.0 Å². The minimum atomic E-state index is -3.94. The van der Waals surface area contributed by atoms with Crippen LogP contribution >= 0.6 is 0 Å². The Morgan fingerprint density at radius 2 is 1.70 bits per heavy atom. The lowest BCUT2D eigenvalue weighted by Crippen LogP contribution is -2.24. The second kappa shape index (κ2) is 9.27. The summed E-state index contributed by atoms with van der Waals surface area (Å²) in [6.45, 7) is 0.171. The normalized spacial score (nSPS) is 11.1. The predicted molar refractivity (Wildman–Crippen MR) is 110 cm³/mol. The van der Waals surface area contributed by atoms with Crippen LogP contribution in [0, 0.1) is 0 Å². The van der Waals surface area contributed by atoms with Crippen LogP contribution in [0.25, 0.3) is 0 Å². The zero-order valence-electron chi connectivity index (χ0n) is 15.9. The fourth-order valence-electron chi connectivity index (χ4n) is 2.74. The van der Waals surface area contributed by atoms with Gasteiger partial charge >= 0.3 is 5.97 Å². The van der Waals surface area contributed by atoms with Gasteiger partial charge in [0.15, 0.2) is 0 Å². The van der Waals surface area contributed by atoms with Crippen LogP contribution in [-0.4, -0.2) is 25.4 Å². The molecule has 0 saturated carbocycles. The maximum Gasteiger partial charge on any atom is 0.303 e. The Bertz CT molecular complexity index is 1120. The molecule has 0 atom stereocenters. The molecule has 1 heterocycles. The van der Waals surface area contributed by atoms with E-state index in [2.05, 4.69) is 10.0 Å². The molecule has 2 aromatic carbocycles. The molecule has 0 saturated heterocycles. The highest BCUT2D eigenvalue weighted by Crippen LogP contribution is 2.21. The molecule has 0 aliphatic rings. The highest BCUT2D eigenvalue weighted by atomic mass is 32.2. The van der Waals surface area contributed by atoms with Crippen molar-refractivity contribution in [2.24, 2.45) is 0 Å². The van der Waals surface area contributed by atoms with E-state index >= 15 is 0 Å². The Hall–Kier alpha value is -3.59. The molecule has 3 rings (SSSR count). The van der Waals surface area contributed by atoms with Gasteiger partial charge in [-0.25, -0.2) is 8.42 Å². The van der Waals surface area contributed by atoms with Crippen LogP contribution in [0.15, 0.2) is 76.2 Å². The average molecular weight is 428 g/mol. The summed E-state index contributed by atoms with van der Waals surface area (Å²) in [6, 6.07) is 15.6. The summed E-state index contributed by atoms with van der Waals surface area (Å²) in [5, 5.41) is 11.4. The molecular formula is C21H20N2O6S. The number of nitrogens with one attached hydrogen (secondary N) is 2. The molecule has 0 aliphatic heterocycles. The van der Waals surface area contributed by atoms with Crippen molar-refractivity contribution in [1.82, 2.24) is 5.32 Å². The second-order valence-corrected chi connectivity index (χ2v) is 8.13. The number of carboxylic acid groups (broad SMARTS) is 1. The van der Waals surface area contributed by atoms with Gasteiger partial charge in [-0.15, -0.1) is 0 Å². The van der Waals surface area contributed by atoms with E-state index in [0.717, 1.165) is 0 Å². The quantitative estimate of drug-likeness (QED) is 0.481. The SMILES string of the molecule is O=C(O)CCc1ccc(S(=O)(=O)Nc2ccccc2C(=O)NCc2ccco2)cc1. The molecule has 0 spiro atoms. The van der Waals surface area contributed by atoms with Crippen LogP contribution in [0.3, 0.4) is 0 Å². The number of aryl methyl sites for hydroxylation is 1. The lowest BCUT2D eigenvalue weighted by molar-refractivity contribution is -0.136. The Balaban J connectivity index is 1.73. The second-order valence-electron chi connectivity index (χ2n) is 6.45. The Morgan fingerprint density at radius 1 is 0.967 bits per heavy atom. The number of hydrogen-bond acceptors (Lipinski definition) is 5. The minimum absolute atomic E-state index is 0.00683. The monoisotopic (exact) mass is 428 g/mol. The molecule has 1 amide bonds. The first kappa shape index (κ1) is 21.1. The van der Waals surface area contributed by atoms with Crippen molar-refractivity contribution in [3.05, 3.63) is 83.8 Å². The number of carbonyl (C=O) groups is 2. The Morgan fingerprint density at radius 3 is 2.37 bits per heavy atom. The van der Waals surface area contributed by atoms with Crippen LogP contribution in [0.4, 0.5) is 5.69 Å². The molecule has 8 nitrogen and oxygen atoms in total. The van der Waals surface area contributed by atoms with Gasteiger partial charge in [0.25, 0.3) is 15.9 Å². The van der Waals surface area contributed by atoms with Gasteiger partial charge in [-0.2, -0.15) is 0 Å². The summed E-state index contributed by atoms with van der Waals surface area (Å²) in [5.74, 6) is -0.798. The molecule has 156 valence electrons. The first-order chi connectivity index (χ1) is 14.3. The molecule has 0 radical (unpaired) electrons. The average Bonchev–Trinajstić information content (AvgIpc) is 3.24.